The monoisotopic (exact) mass is 272 g/mol. The summed E-state index contributed by atoms with van der Waals surface area (Å²) in [6, 6.07) is 9.28. The van der Waals surface area contributed by atoms with Gasteiger partial charge in [-0.2, -0.15) is 0 Å². The summed E-state index contributed by atoms with van der Waals surface area (Å²) < 4.78 is 5.21. The van der Waals surface area contributed by atoms with E-state index in [1.165, 1.54) is 0 Å². The Morgan fingerprint density at radius 3 is 2.90 bits per heavy atom. The molecule has 0 fully saturated rings. The van der Waals surface area contributed by atoms with Crippen molar-refractivity contribution in [3.05, 3.63) is 48.3 Å². The number of hydrogen-bond donors (Lipinski definition) is 2. The first kappa shape index (κ1) is 13.7. The van der Waals surface area contributed by atoms with Crippen LogP contribution in [0.3, 0.4) is 0 Å². The van der Waals surface area contributed by atoms with Crippen molar-refractivity contribution in [3.8, 4) is 5.75 Å². The van der Waals surface area contributed by atoms with Crippen LogP contribution in [0.25, 0.3) is 0 Å². The Kier molecular flexibility index (Phi) is 4.05. The van der Waals surface area contributed by atoms with Crippen molar-refractivity contribution >= 4 is 17.2 Å². The smallest absolute Gasteiger partial charge is 0.172 e. The van der Waals surface area contributed by atoms with Gasteiger partial charge in [-0.15, -0.1) is 0 Å². The number of ether oxygens (including phenoxy) is 1. The van der Waals surface area contributed by atoms with Crippen LogP contribution in [0.15, 0.2) is 47.9 Å². The van der Waals surface area contributed by atoms with Gasteiger partial charge in [0.05, 0.1) is 19.0 Å². The molecule has 0 aliphatic heterocycles. The predicted molar refractivity (Wildman–Crippen MR) is 77.8 cm³/mol. The van der Waals surface area contributed by atoms with Crippen LogP contribution in [0.2, 0.25) is 0 Å². The van der Waals surface area contributed by atoms with E-state index in [0.717, 1.165) is 17.1 Å². The van der Waals surface area contributed by atoms with E-state index in [0.29, 0.717) is 5.56 Å². The number of oxime groups is 1. The molecule has 6 nitrogen and oxygen atoms in total. The first-order chi connectivity index (χ1) is 9.67. The maximum Gasteiger partial charge on any atom is 0.172 e. The van der Waals surface area contributed by atoms with Crippen LogP contribution in [-0.2, 0) is 0 Å². The van der Waals surface area contributed by atoms with Gasteiger partial charge in [0.2, 0.25) is 0 Å². The van der Waals surface area contributed by atoms with Gasteiger partial charge in [0.15, 0.2) is 5.84 Å². The Morgan fingerprint density at radius 2 is 2.20 bits per heavy atom. The standard InChI is InChI=1S/C14H16N4O2/c1-18(10-4-3-5-11(8-10)20-2)13-9-16-7-6-12(13)14(15)17-19/h3-9,19H,1-2H3,(H2,15,17). The summed E-state index contributed by atoms with van der Waals surface area (Å²) in [7, 11) is 3.49. The minimum atomic E-state index is 0.0390. The summed E-state index contributed by atoms with van der Waals surface area (Å²) in [5.74, 6) is 0.792. The molecule has 104 valence electrons. The van der Waals surface area contributed by atoms with Crippen LogP contribution in [0.5, 0.6) is 5.75 Å². The number of pyridine rings is 1. The number of methoxy groups -OCH3 is 1. The van der Waals surface area contributed by atoms with E-state index < -0.39 is 0 Å². The summed E-state index contributed by atoms with van der Waals surface area (Å²) in [4.78, 5) is 5.98. The zero-order valence-electron chi connectivity index (χ0n) is 11.3. The Balaban J connectivity index is 2.45. The van der Waals surface area contributed by atoms with Gasteiger partial charge in [0, 0.05) is 30.6 Å². The predicted octanol–water partition coefficient (Wildman–Crippen LogP) is 1.95. The van der Waals surface area contributed by atoms with Crippen LogP contribution in [-0.4, -0.2) is 30.2 Å². The van der Waals surface area contributed by atoms with E-state index in [9.17, 15) is 0 Å². The van der Waals surface area contributed by atoms with Gasteiger partial charge in [0.25, 0.3) is 0 Å². The highest BCUT2D eigenvalue weighted by molar-refractivity contribution is 6.02. The summed E-state index contributed by atoms with van der Waals surface area (Å²) in [5.41, 5.74) is 7.93. The van der Waals surface area contributed by atoms with Crippen LogP contribution in [0.4, 0.5) is 11.4 Å². The number of amidine groups is 1. The Hall–Kier alpha value is -2.76. The van der Waals surface area contributed by atoms with Crippen LogP contribution in [0.1, 0.15) is 5.56 Å². The molecule has 0 saturated carbocycles. The lowest BCUT2D eigenvalue weighted by Gasteiger charge is -2.22. The molecule has 1 heterocycles. The maximum absolute atomic E-state index is 8.85. The molecule has 0 radical (unpaired) electrons. The van der Waals surface area contributed by atoms with E-state index in [1.807, 2.05) is 36.2 Å². The number of nitrogens with two attached hydrogens (primary N) is 1. The van der Waals surface area contributed by atoms with Gasteiger partial charge in [0.1, 0.15) is 5.75 Å². The van der Waals surface area contributed by atoms with Gasteiger partial charge >= 0.3 is 0 Å². The quantitative estimate of drug-likeness (QED) is 0.384. The molecule has 20 heavy (non-hydrogen) atoms. The minimum Gasteiger partial charge on any atom is -0.497 e. The fourth-order valence-electron chi connectivity index (χ4n) is 1.88. The SMILES string of the molecule is COc1cccc(N(C)c2cnccc2/C(N)=N/O)c1. The molecule has 6 heteroatoms. The van der Waals surface area contributed by atoms with Crippen LogP contribution >= 0.6 is 0 Å². The van der Waals surface area contributed by atoms with E-state index in [4.69, 9.17) is 15.7 Å². The summed E-state index contributed by atoms with van der Waals surface area (Å²) in [5, 5.41) is 11.9. The highest BCUT2D eigenvalue weighted by Gasteiger charge is 2.13. The van der Waals surface area contributed by atoms with Crippen molar-refractivity contribution in [2.24, 2.45) is 10.9 Å². The number of benzene rings is 1. The molecule has 0 unspecified atom stereocenters. The minimum absolute atomic E-state index is 0.0390. The van der Waals surface area contributed by atoms with Crippen LogP contribution in [0, 0.1) is 0 Å². The summed E-state index contributed by atoms with van der Waals surface area (Å²) >= 11 is 0. The molecule has 0 aliphatic carbocycles. The number of hydrogen-bond acceptors (Lipinski definition) is 5. The van der Waals surface area contributed by atoms with E-state index >= 15 is 0 Å². The average Bonchev–Trinajstić information content (AvgIpc) is 2.53. The van der Waals surface area contributed by atoms with Gasteiger partial charge in [-0.05, 0) is 18.2 Å². The molecular formula is C14H16N4O2. The van der Waals surface area contributed by atoms with Gasteiger partial charge in [-0.3, -0.25) is 4.98 Å². The van der Waals surface area contributed by atoms with Crippen LogP contribution < -0.4 is 15.4 Å². The summed E-state index contributed by atoms with van der Waals surface area (Å²) in [6.07, 6.45) is 3.25. The van der Waals surface area contributed by atoms with E-state index in [1.54, 1.807) is 25.6 Å². The summed E-state index contributed by atoms with van der Waals surface area (Å²) in [6.45, 7) is 0. The molecule has 0 bridgehead atoms. The number of nitrogens with zero attached hydrogens (tertiary/aromatic N) is 3. The van der Waals surface area contributed by atoms with Crippen molar-refractivity contribution in [2.75, 3.05) is 19.1 Å². The fourth-order valence-corrected chi connectivity index (χ4v) is 1.88. The molecule has 0 spiro atoms. The molecular weight excluding hydrogens is 256 g/mol. The van der Waals surface area contributed by atoms with Crippen molar-refractivity contribution in [3.63, 3.8) is 0 Å². The normalized spacial score (nSPS) is 11.2. The fraction of sp³-hybridized carbons (Fsp3) is 0.143. The first-order valence-electron chi connectivity index (χ1n) is 5.97. The van der Waals surface area contributed by atoms with Crippen molar-refractivity contribution < 1.29 is 9.94 Å². The highest BCUT2D eigenvalue weighted by Crippen LogP contribution is 2.28. The average molecular weight is 272 g/mol. The molecule has 0 amide bonds. The number of rotatable bonds is 4. The molecule has 0 aliphatic rings. The van der Waals surface area contributed by atoms with Crippen molar-refractivity contribution in [2.45, 2.75) is 0 Å². The molecule has 2 aromatic rings. The second kappa shape index (κ2) is 5.92. The zero-order valence-corrected chi connectivity index (χ0v) is 11.3. The van der Waals surface area contributed by atoms with E-state index in [2.05, 4.69) is 10.1 Å². The van der Waals surface area contributed by atoms with E-state index in [-0.39, 0.29) is 5.84 Å². The molecule has 0 saturated heterocycles. The third-order valence-electron chi connectivity index (χ3n) is 2.99. The van der Waals surface area contributed by atoms with Gasteiger partial charge < -0.3 is 20.6 Å². The molecule has 1 aromatic carbocycles. The zero-order chi connectivity index (χ0) is 14.5. The third kappa shape index (κ3) is 2.64. The topological polar surface area (TPSA) is 84.0 Å². The Labute approximate surface area is 117 Å². The maximum atomic E-state index is 8.85. The molecule has 0 atom stereocenters. The number of anilines is 2. The largest absolute Gasteiger partial charge is 0.497 e. The highest BCUT2D eigenvalue weighted by atomic mass is 16.5. The lowest BCUT2D eigenvalue weighted by Crippen LogP contribution is -2.19. The van der Waals surface area contributed by atoms with Crippen molar-refractivity contribution in [1.82, 2.24) is 4.98 Å². The van der Waals surface area contributed by atoms with Crippen molar-refractivity contribution in [1.29, 1.82) is 0 Å². The lowest BCUT2D eigenvalue weighted by molar-refractivity contribution is 0.318. The van der Waals surface area contributed by atoms with Gasteiger partial charge in [-0.25, -0.2) is 0 Å². The Bertz CT molecular complexity index is 628. The molecule has 3 N–H and O–H groups in total. The molecule has 1 aromatic heterocycles. The first-order valence-corrected chi connectivity index (χ1v) is 5.97. The second-order valence-electron chi connectivity index (χ2n) is 4.14. The number of aromatic nitrogens is 1. The third-order valence-corrected chi connectivity index (χ3v) is 2.99. The second-order valence-corrected chi connectivity index (χ2v) is 4.14. The van der Waals surface area contributed by atoms with Gasteiger partial charge in [-0.1, -0.05) is 11.2 Å². The molecule has 2 rings (SSSR count). The Morgan fingerprint density at radius 1 is 1.40 bits per heavy atom. The lowest BCUT2D eigenvalue weighted by atomic mass is 10.1.